The van der Waals surface area contributed by atoms with Gasteiger partial charge in [-0.15, -0.1) is 0 Å². The number of carbonyl (C=O) groups is 2. The summed E-state index contributed by atoms with van der Waals surface area (Å²) in [5, 5.41) is 2.88. The van der Waals surface area contributed by atoms with E-state index in [-0.39, 0.29) is 17.6 Å². The molecule has 1 aliphatic rings. The van der Waals surface area contributed by atoms with E-state index in [1.54, 1.807) is 23.2 Å². The van der Waals surface area contributed by atoms with Crippen LogP contribution in [0.25, 0.3) is 0 Å². The number of nitrogens with zero attached hydrogens (tertiary/aromatic N) is 2. The van der Waals surface area contributed by atoms with Gasteiger partial charge in [0.05, 0.1) is 12.2 Å². The first-order valence-electron chi connectivity index (χ1n) is 9.01. The fraction of sp³-hybridized carbons (Fsp3) is 0.136. The van der Waals surface area contributed by atoms with Crippen LogP contribution in [0.1, 0.15) is 32.0 Å². The van der Waals surface area contributed by atoms with E-state index < -0.39 is 0 Å². The number of fused-ring (bicyclic) bond motifs is 1. The summed E-state index contributed by atoms with van der Waals surface area (Å²) in [5.74, 6) is -0.784. The zero-order valence-electron chi connectivity index (χ0n) is 15.1. The molecule has 5 nitrogen and oxygen atoms in total. The van der Waals surface area contributed by atoms with Crippen LogP contribution >= 0.6 is 0 Å². The highest BCUT2D eigenvalue weighted by atomic mass is 19.1. The molecule has 0 spiro atoms. The van der Waals surface area contributed by atoms with E-state index in [4.69, 9.17) is 0 Å². The predicted molar refractivity (Wildman–Crippen MR) is 104 cm³/mol. The SMILES string of the molecule is O=C(NCc1ccccn1)c1cccc2c1CCN2C(=O)c1ccc(F)cc1. The van der Waals surface area contributed by atoms with Gasteiger partial charge >= 0.3 is 0 Å². The molecular formula is C22H18FN3O2. The van der Waals surface area contributed by atoms with Crippen LogP contribution in [0.4, 0.5) is 10.1 Å². The molecule has 0 saturated carbocycles. The molecular weight excluding hydrogens is 357 g/mol. The number of halogens is 1. The van der Waals surface area contributed by atoms with Crippen molar-refractivity contribution in [3.05, 3.63) is 95.1 Å². The fourth-order valence-electron chi connectivity index (χ4n) is 3.38. The largest absolute Gasteiger partial charge is 0.346 e. The molecule has 0 aliphatic carbocycles. The molecule has 6 heteroatoms. The molecule has 0 bridgehead atoms. The molecule has 28 heavy (non-hydrogen) atoms. The lowest BCUT2D eigenvalue weighted by Crippen LogP contribution is -2.28. The normalized spacial score (nSPS) is 12.5. The first-order chi connectivity index (χ1) is 13.6. The van der Waals surface area contributed by atoms with Crippen molar-refractivity contribution in [2.75, 3.05) is 11.4 Å². The highest BCUT2D eigenvalue weighted by Crippen LogP contribution is 2.32. The maximum Gasteiger partial charge on any atom is 0.258 e. The molecule has 1 aliphatic heterocycles. The van der Waals surface area contributed by atoms with Crippen molar-refractivity contribution in [3.63, 3.8) is 0 Å². The molecule has 4 rings (SSSR count). The summed E-state index contributed by atoms with van der Waals surface area (Å²) in [4.78, 5) is 31.3. The average Bonchev–Trinajstić information content (AvgIpc) is 3.17. The number of nitrogens with one attached hydrogen (secondary N) is 1. The van der Waals surface area contributed by atoms with E-state index in [0.717, 1.165) is 16.9 Å². The van der Waals surface area contributed by atoms with Gasteiger partial charge in [0.1, 0.15) is 5.82 Å². The fourth-order valence-corrected chi connectivity index (χ4v) is 3.38. The van der Waals surface area contributed by atoms with Crippen molar-refractivity contribution in [1.29, 1.82) is 0 Å². The number of anilines is 1. The number of amides is 2. The van der Waals surface area contributed by atoms with Gasteiger partial charge in [-0.25, -0.2) is 4.39 Å². The molecule has 2 aromatic carbocycles. The Hall–Kier alpha value is -3.54. The van der Waals surface area contributed by atoms with Crippen molar-refractivity contribution in [3.8, 4) is 0 Å². The molecule has 0 saturated heterocycles. The molecule has 0 unspecified atom stereocenters. The van der Waals surface area contributed by atoms with Gasteiger partial charge in [0.2, 0.25) is 0 Å². The van der Waals surface area contributed by atoms with Crippen LogP contribution in [0.2, 0.25) is 0 Å². The Balaban J connectivity index is 1.54. The minimum absolute atomic E-state index is 0.196. The van der Waals surface area contributed by atoms with Crippen molar-refractivity contribution < 1.29 is 14.0 Å². The summed E-state index contributed by atoms with van der Waals surface area (Å²) in [6, 6.07) is 16.4. The zero-order valence-corrected chi connectivity index (χ0v) is 15.1. The summed E-state index contributed by atoms with van der Waals surface area (Å²) in [6.45, 7) is 0.817. The van der Waals surface area contributed by atoms with Gasteiger partial charge in [0.15, 0.2) is 0 Å². The third kappa shape index (κ3) is 3.49. The second-order valence-electron chi connectivity index (χ2n) is 6.52. The number of benzene rings is 2. The standard InChI is InChI=1S/C22H18FN3O2/c23-16-9-7-15(8-10-16)22(28)26-13-11-18-19(5-3-6-20(18)26)21(27)25-14-17-4-1-2-12-24-17/h1-10,12H,11,13-14H2,(H,25,27). The Morgan fingerprint density at radius 2 is 1.86 bits per heavy atom. The zero-order chi connectivity index (χ0) is 19.5. The molecule has 1 N–H and O–H groups in total. The summed E-state index contributed by atoms with van der Waals surface area (Å²) in [5.41, 5.74) is 3.31. The van der Waals surface area contributed by atoms with E-state index in [9.17, 15) is 14.0 Å². The van der Waals surface area contributed by atoms with Crippen molar-refractivity contribution in [2.24, 2.45) is 0 Å². The average molecular weight is 375 g/mol. The van der Waals surface area contributed by atoms with Gasteiger partial charge in [0.25, 0.3) is 11.8 Å². The van der Waals surface area contributed by atoms with E-state index in [1.165, 1.54) is 24.3 Å². The van der Waals surface area contributed by atoms with Crippen molar-refractivity contribution in [2.45, 2.75) is 13.0 Å². The minimum atomic E-state index is -0.384. The number of pyridine rings is 1. The summed E-state index contributed by atoms with van der Waals surface area (Å²) < 4.78 is 13.1. The van der Waals surface area contributed by atoms with Crippen LogP contribution < -0.4 is 10.2 Å². The second-order valence-corrected chi connectivity index (χ2v) is 6.52. The number of hydrogen-bond acceptors (Lipinski definition) is 3. The smallest absolute Gasteiger partial charge is 0.258 e. The van der Waals surface area contributed by atoms with Gasteiger partial charge in [-0.2, -0.15) is 0 Å². The molecule has 1 aromatic heterocycles. The lowest BCUT2D eigenvalue weighted by molar-refractivity contribution is 0.0948. The summed E-state index contributed by atoms with van der Waals surface area (Å²) in [6.07, 6.45) is 2.27. The highest BCUT2D eigenvalue weighted by molar-refractivity contribution is 6.08. The summed E-state index contributed by atoms with van der Waals surface area (Å²) in [7, 11) is 0. The van der Waals surface area contributed by atoms with Crippen LogP contribution in [0, 0.1) is 5.82 Å². The predicted octanol–water partition coefficient (Wildman–Crippen LogP) is 3.35. The molecule has 3 aromatic rings. The lowest BCUT2D eigenvalue weighted by Gasteiger charge is -2.18. The second kappa shape index (κ2) is 7.60. The summed E-state index contributed by atoms with van der Waals surface area (Å²) >= 11 is 0. The van der Waals surface area contributed by atoms with Crippen molar-refractivity contribution in [1.82, 2.24) is 10.3 Å². The minimum Gasteiger partial charge on any atom is -0.346 e. The Morgan fingerprint density at radius 1 is 1.04 bits per heavy atom. The molecule has 2 heterocycles. The molecule has 2 amide bonds. The van der Waals surface area contributed by atoms with Crippen LogP contribution in [-0.4, -0.2) is 23.3 Å². The van der Waals surface area contributed by atoms with Crippen LogP contribution in [-0.2, 0) is 13.0 Å². The molecule has 140 valence electrons. The molecule has 0 radical (unpaired) electrons. The highest BCUT2D eigenvalue weighted by Gasteiger charge is 2.28. The maximum atomic E-state index is 13.1. The number of hydrogen-bond donors (Lipinski definition) is 1. The van der Waals surface area contributed by atoms with Gasteiger partial charge < -0.3 is 10.2 Å². The lowest BCUT2D eigenvalue weighted by atomic mass is 10.0. The Kier molecular flexibility index (Phi) is 4.85. The quantitative estimate of drug-likeness (QED) is 0.761. The van der Waals surface area contributed by atoms with E-state index in [2.05, 4.69) is 10.3 Å². The van der Waals surface area contributed by atoms with Crippen LogP contribution in [0.15, 0.2) is 66.9 Å². The third-order valence-electron chi connectivity index (χ3n) is 4.76. The molecule has 0 fully saturated rings. The Labute approximate surface area is 161 Å². The monoisotopic (exact) mass is 375 g/mol. The molecule has 0 atom stereocenters. The van der Waals surface area contributed by atoms with Gasteiger partial charge in [-0.1, -0.05) is 12.1 Å². The van der Waals surface area contributed by atoms with E-state index >= 15 is 0 Å². The van der Waals surface area contributed by atoms with Gasteiger partial charge in [-0.05, 0) is 60.5 Å². The Morgan fingerprint density at radius 3 is 2.61 bits per heavy atom. The number of aromatic nitrogens is 1. The first kappa shape index (κ1) is 17.9. The van der Waals surface area contributed by atoms with Crippen LogP contribution in [0.3, 0.4) is 0 Å². The van der Waals surface area contributed by atoms with Crippen molar-refractivity contribution >= 4 is 17.5 Å². The number of rotatable bonds is 4. The van der Waals surface area contributed by atoms with E-state index in [0.29, 0.717) is 30.6 Å². The maximum absolute atomic E-state index is 13.1. The first-order valence-corrected chi connectivity index (χ1v) is 9.01. The Bertz CT molecular complexity index is 1020. The number of carbonyl (C=O) groups excluding carboxylic acids is 2. The third-order valence-corrected chi connectivity index (χ3v) is 4.76. The van der Waals surface area contributed by atoms with Gasteiger partial charge in [0, 0.05) is 29.6 Å². The topological polar surface area (TPSA) is 62.3 Å². The van der Waals surface area contributed by atoms with Gasteiger partial charge in [-0.3, -0.25) is 14.6 Å². The van der Waals surface area contributed by atoms with Crippen LogP contribution in [0.5, 0.6) is 0 Å². The van der Waals surface area contributed by atoms with E-state index in [1.807, 2.05) is 24.3 Å².